The molecular weight excluding hydrogens is 244 g/mol. The van der Waals surface area contributed by atoms with E-state index >= 15 is 0 Å². The van der Waals surface area contributed by atoms with Crippen LogP contribution in [-0.4, -0.2) is 39.0 Å². The van der Waals surface area contributed by atoms with E-state index in [1.807, 2.05) is 23.1 Å². The molecule has 0 aromatic carbocycles. The molecule has 1 aliphatic heterocycles. The van der Waals surface area contributed by atoms with Gasteiger partial charge in [0.2, 0.25) is 5.91 Å². The number of carbonyl (C=O) groups is 1. The highest BCUT2D eigenvalue weighted by Crippen LogP contribution is 2.26. The molecule has 19 heavy (non-hydrogen) atoms. The summed E-state index contributed by atoms with van der Waals surface area (Å²) in [5.41, 5.74) is 0.669. The number of hydrogen-bond acceptors (Lipinski definition) is 5. The van der Waals surface area contributed by atoms with E-state index in [4.69, 9.17) is 4.52 Å². The van der Waals surface area contributed by atoms with Gasteiger partial charge in [-0.05, 0) is 18.6 Å². The predicted octanol–water partition coefficient (Wildman–Crippen LogP) is 1.47. The zero-order chi connectivity index (χ0) is 13.2. The van der Waals surface area contributed by atoms with E-state index in [1.165, 1.54) is 0 Å². The molecule has 98 valence electrons. The van der Waals surface area contributed by atoms with Crippen molar-refractivity contribution in [1.29, 1.82) is 0 Å². The van der Waals surface area contributed by atoms with Crippen LogP contribution in [0.5, 0.6) is 0 Å². The Balaban J connectivity index is 1.78. The molecule has 0 aliphatic carbocycles. The molecule has 1 amide bonds. The quantitative estimate of drug-likeness (QED) is 0.815. The Labute approximate surface area is 110 Å². The maximum atomic E-state index is 11.3. The van der Waals surface area contributed by atoms with E-state index in [9.17, 15) is 4.79 Å². The second-order valence-corrected chi connectivity index (χ2v) is 4.62. The third kappa shape index (κ3) is 2.33. The minimum Gasteiger partial charge on any atom is -0.342 e. The van der Waals surface area contributed by atoms with Crippen LogP contribution in [0, 0.1) is 0 Å². The van der Waals surface area contributed by atoms with Crippen LogP contribution in [0.3, 0.4) is 0 Å². The maximum Gasteiger partial charge on any atom is 0.276 e. The van der Waals surface area contributed by atoms with E-state index in [-0.39, 0.29) is 11.8 Å². The molecule has 3 rings (SSSR count). The summed E-state index contributed by atoms with van der Waals surface area (Å²) in [6, 6.07) is 5.54. The second-order valence-electron chi connectivity index (χ2n) is 4.62. The van der Waals surface area contributed by atoms with Crippen molar-refractivity contribution in [2.24, 2.45) is 0 Å². The van der Waals surface area contributed by atoms with Gasteiger partial charge in [0, 0.05) is 32.1 Å². The van der Waals surface area contributed by atoms with E-state index < -0.39 is 0 Å². The Kier molecular flexibility index (Phi) is 2.98. The monoisotopic (exact) mass is 258 g/mol. The molecule has 6 heteroatoms. The molecule has 0 N–H and O–H groups in total. The van der Waals surface area contributed by atoms with E-state index in [0.717, 1.165) is 13.0 Å². The summed E-state index contributed by atoms with van der Waals surface area (Å²) in [6.07, 6.45) is 2.56. The largest absolute Gasteiger partial charge is 0.342 e. The van der Waals surface area contributed by atoms with E-state index in [1.54, 1.807) is 13.1 Å². The smallest absolute Gasteiger partial charge is 0.276 e. The number of pyridine rings is 1. The first-order valence-corrected chi connectivity index (χ1v) is 6.24. The zero-order valence-corrected chi connectivity index (χ0v) is 10.6. The molecule has 6 nitrogen and oxygen atoms in total. The van der Waals surface area contributed by atoms with Gasteiger partial charge in [0.15, 0.2) is 5.82 Å². The molecule has 0 bridgehead atoms. The van der Waals surface area contributed by atoms with Crippen LogP contribution in [0.1, 0.15) is 25.1 Å². The van der Waals surface area contributed by atoms with Crippen molar-refractivity contribution in [3.63, 3.8) is 0 Å². The summed E-state index contributed by atoms with van der Waals surface area (Å²) in [5, 5.41) is 4.00. The number of amides is 1. The fourth-order valence-electron chi connectivity index (χ4n) is 2.25. The first kappa shape index (κ1) is 11.8. The lowest BCUT2D eigenvalue weighted by molar-refractivity contribution is -0.127. The number of rotatable bonds is 2. The summed E-state index contributed by atoms with van der Waals surface area (Å²) in [7, 11) is 0. The average molecular weight is 258 g/mol. The highest BCUT2D eigenvalue weighted by atomic mass is 16.5. The first-order chi connectivity index (χ1) is 9.24. The predicted molar refractivity (Wildman–Crippen MR) is 67.1 cm³/mol. The fourth-order valence-corrected chi connectivity index (χ4v) is 2.25. The molecule has 0 saturated carbocycles. The van der Waals surface area contributed by atoms with Gasteiger partial charge in [-0.3, -0.25) is 9.78 Å². The number of likely N-dealkylation sites (tertiary alicyclic amines) is 1. The normalized spacial score (nSPS) is 18.8. The molecule has 2 aromatic rings. The Morgan fingerprint density at radius 3 is 3.05 bits per heavy atom. The Morgan fingerprint density at radius 2 is 2.37 bits per heavy atom. The van der Waals surface area contributed by atoms with Crippen LogP contribution in [0.25, 0.3) is 11.6 Å². The van der Waals surface area contributed by atoms with Gasteiger partial charge < -0.3 is 9.42 Å². The van der Waals surface area contributed by atoms with Crippen molar-refractivity contribution in [3.8, 4) is 11.6 Å². The van der Waals surface area contributed by atoms with Gasteiger partial charge >= 0.3 is 0 Å². The van der Waals surface area contributed by atoms with Crippen LogP contribution >= 0.6 is 0 Å². The number of hydrogen-bond donors (Lipinski definition) is 0. The van der Waals surface area contributed by atoms with Crippen molar-refractivity contribution < 1.29 is 9.32 Å². The Hall–Kier alpha value is -2.24. The molecule has 2 aromatic heterocycles. The van der Waals surface area contributed by atoms with Gasteiger partial charge in [0.1, 0.15) is 5.69 Å². The topological polar surface area (TPSA) is 72.1 Å². The summed E-state index contributed by atoms with van der Waals surface area (Å²) in [6.45, 7) is 3.00. The summed E-state index contributed by atoms with van der Waals surface area (Å²) >= 11 is 0. The minimum absolute atomic E-state index is 0.0935. The van der Waals surface area contributed by atoms with Crippen LogP contribution in [0.4, 0.5) is 0 Å². The molecule has 3 heterocycles. The molecular formula is C13H14N4O2. The summed E-state index contributed by atoms with van der Waals surface area (Å²) < 4.78 is 5.23. The number of nitrogens with zero attached hydrogens (tertiary/aromatic N) is 4. The Morgan fingerprint density at radius 1 is 1.47 bits per heavy atom. The summed E-state index contributed by atoms with van der Waals surface area (Å²) in [5.74, 6) is 1.34. The van der Waals surface area contributed by atoms with Crippen molar-refractivity contribution in [1.82, 2.24) is 20.0 Å². The highest BCUT2D eigenvalue weighted by molar-refractivity contribution is 5.73. The third-order valence-electron chi connectivity index (χ3n) is 3.32. The maximum absolute atomic E-state index is 11.3. The molecule has 1 atom stereocenters. The highest BCUT2D eigenvalue weighted by Gasteiger charge is 2.29. The average Bonchev–Trinajstić information content (AvgIpc) is 3.09. The standard InChI is InChI=1S/C13H14N4O2/c1-9(18)17-7-5-10(8-17)12-15-13(19-16-12)11-4-2-3-6-14-11/h2-4,6,10H,5,7-8H2,1H3. The van der Waals surface area contributed by atoms with Crippen molar-refractivity contribution in [3.05, 3.63) is 30.2 Å². The molecule has 1 unspecified atom stereocenters. The van der Waals surface area contributed by atoms with Crippen LogP contribution in [0.2, 0.25) is 0 Å². The molecule has 1 saturated heterocycles. The molecule has 0 spiro atoms. The van der Waals surface area contributed by atoms with Gasteiger partial charge in [-0.2, -0.15) is 4.98 Å². The minimum atomic E-state index is 0.0935. The lowest BCUT2D eigenvalue weighted by atomic mass is 10.1. The van der Waals surface area contributed by atoms with Gasteiger partial charge in [-0.1, -0.05) is 11.2 Å². The van der Waals surface area contributed by atoms with Crippen molar-refractivity contribution in [2.75, 3.05) is 13.1 Å². The zero-order valence-electron chi connectivity index (χ0n) is 10.6. The molecule has 1 aliphatic rings. The first-order valence-electron chi connectivity index (χ1n) is 6.24. The van der Waals surface area contributed by atoms with Gasteiger partial charge in [0.05, 0.1) is 0 Å². The SMILES string of the molecule is CC(=O)N1CCC(c2noc(-c3ccccn3)n2)C1. The summed E-state index contributed by atoms with van der Waals surface area (Å²) in [4.78, 5) is 21.7. The Bertz CT molecular complexity index is 581. The van der Waals surface area contributed by atoms with Crippen molar-refractivity contribution in [2.45, 2.75) is 19.3 Å². The van der Waals surface area contributed by atoms with Crippen LogP contribution < -0.4 is 0 Å². The van der Waals surface area contributed by atoms with Gasteiger partial charge in [0.25, 0.3) is 5.89 Å². The van der Waals surface area contributed by atoms with Gasteiger partial charge in [-0.15, -0.1) is 0 Å². The van der Waals surface area contributed by atoms with Crippen LogP contribution in [-0.2, 0) is 4.79 Å². The third-order valence-corrected chi connectivity index (χ3v) is 3.32. The number of carbonyl (C=O) groups excluding carboxylic acids is 1. The van der Waals surface area contributed by atoms with E-state index in [0.29, 0.717) is 24.0 Å². The van der Waals surface area contributed by atoms with Crippen molar-refractivity contribution >= 4 is 5.91 Å². The van der Waals surface area contributed by atoms with E-state index in [2.05, 4.69) is 15.1 Å². The second kappa shape index (κ2) is 4.79. The molecule has 0 radical (unpaired) electrons. The lowest BCUT2D eigenvalue weighted by Gasteiger charge is -2.11. The number of aromatic nitrogens is 3. The lowest BCUT2D eigenvalue weighted by Crippen LogP contribution is -2.25. The van der Waals surface area contributed by atoms with Gasteiger partial charge in [-0.25, -0.2) is 0 Å². The molecule has 1 fully saturated rings. The fraction of sp³-hybridized carbons (Fsp3) is 0.385. The van der Waals surface area contributed by atoms with Crippen LogP contribution in [0.15, 0.2) is 28.9 Å².